The first-order chi connectivity index (χ1) is 11.1. The van der Waals surface area contributed by atoms with E-state index in [0.717, 1.165) is 11.3 Å². The Kier molecular flexibility index (Phi) is 3.27. The summed E-state index contributed by atoms with van der Waals surface area (Å²) in [6.45, 7) is -0.255. The minimum atomic E-state index is -0.417. The van der Waals surface area contributed by atoms with Crippen molar-refractivity contribution in [1.82, 2.24) is 4.90 Å². The predicted molar refractivity (Wildman–Crippen MR) is 84.5 cm³/mol. The second-order valence-electron chi connectivity index (χ2n) is 6.29. The molecule has 2 aliphatic carbocycles. The van der Waals surface area contributed by atoms with Gasteiger partial charge in [-0.1, -0.05) is 35.9 Å². The van der Waals surface area contributed by atoms with Crippen LogP contribution >= 0.6 is 11.6 Å². The van der Waals surface area contributed by atoms with Crippen LogP contribution in [-0.4, -0.2) is 29.2 Å². The normalized spacial score (nSPS) is 30.9. The molecule has 1 heterocycles. The Morgan fingerprint density at radius 1 is 1.13 bits per heavy atom. The number of imide groups is 1. The third-order valence-corrected chi connectivity index (χ3v) is 5.34. The van der Waals surface area contributed by atoms with Crippen molar-refractivity contribution >= 4 is 35.0 Å². The quantitative estimate of drug-likeness (QED) is 0.681. The number of halogens is 1. The average Bonchev–Trinajstić information content (AvgIpc) is 3.19. The summed E-state index contributed by atoms with van der Waals surface area (Å²) in [6.07, 6.45) is 4.95. The second kappa shape index (κ2) is 5.20. The number of amides is 3. The van der Waals surface area contributed by atoms with E-state index in [1.165, 1.54) is 0 Å². The van der Waals surface area contributed by atoms with E-state index in [1.54, 1.807) is 24.3 Å². The van der Waals surface area contributed by atoms with Gasteiger partial charge in [0, 0.05) is 0 Å². The summed E-state index contributed by atoms with van der Waals surface area (Å²) in [6, 6.07) is 6.85. The first-order valence-corrected chi connectivity index (χ1v) is 8.02. The van der Waals surface area contributed by atoms with Crippen LogP contribution in [0.5, 0.6) is 0 Å². The van der Waals surface area contributed by atoms with E-state index in [2.05, 4.69) is 5.32 Å². The van der Waals surface area contributed by atoms with Crippen molar-refractivity contribution in [3.05, 3.63) is 41.4 Å². The van der Waals surface area contributed by atoms with E-state index in [0.29, 0.717) is 10.7 Å². The van der Waals surface area contributed by atoms with Gasteiger partial charge in [-0.3, -0.25) is 19.3 Å². The molecule has 0 aromatic heterocycles. The van der Waals surface area contributed by atoms with Crippen molar-refractivity contribution in [2.75, 3.05) is 11.9 Å². The van der Waals surface area contributed by atoms with Crippen molar-refractivity contribution in [2.24, 2.45) is 23.7 Å². The van der Waals surface area contributed by atoms with E-state index in [9.17, 15) is 14.4 Å². The minimum Gasteiger partial charge on any atom is -0.323 e. The molecule has 3 amide bonds. The van der Waals surface area contributed by atoms with Crippen LogP contribution in [-0.2, 0) is 14.4 Å². The molecular weight excluding hydrogens is 316 g/mol. The van der Waals surface area contributed by atoms with E-state index < -0.39 is 5.91 Å². The minimum absolute atomic E-state index is 0.151. The number of hydrogen-bond acceptors (Lipinski definition) is 3. The van der Waals surface area contributed by atoms with Gasteiger partial charge in [-0.25, -0.2) is 0 Å². The molecule has 5 nitrogen and oxygen atoms in total. The van der Waals surface area contributed by atoms with Gasteiger partial charge in [0.25, 0.3) is 0 Å². The van der Waals surface area contributed by atoms with E-state index in [4.69, 9.17) is 11.6 Å². The van der Waals surface area contributed by atoms with Crippen LogP contribution < -0.4 is 5.32 Å². The van der Waals surface area contributed by atoms with Crippen LogP contribution in [0.4, 0.5) is 5.69 Å². The Labute approximate surface area is 138 Å². The van der Waals surface area contributed by atoms with Gasteiger partial charge in [0.05, 0.1) is 22.5 Å². The van der Waals surface area contributed by atoms with Gasteiger partial charge in [0.15, 0.2) is 0 Å². The molecule has 118 valence electrons. The molecule has 1 N–H and O–H groups in total. The summed E-state index contributed by atoms with van der Waals surface area (Å²) in [7, 11) is 0. The van der Waals surface area contributed by atoms with Crippen LogP contribution in [0.2, 0.25) is 5.02 Å². The Morgan fingerprint density at radius 3 is 2.35 bits per heavy atom. The first kappa shape index (κ1) is 14.5. The maximum Gasteiger partial charge on any atom is 0.244 e. The smallest absolute Gasteiger partial charge is 0.244 e. The van der Waals surface area contributed by atoms with Crippen molar-refractivity contribution < 1.29 is 14.4 Å². The maximum atomic E-state index is 12.5. The lowest BCUT2D eigenvalue weighted by molar-refractivity contribution is -0.143. The molecule has 3 aliphatic rings. The fourth-order valence-electron chi connectivity index (χ4n) is 4.02. The van der Waals surface area contributed by atoms with Crippen molar-refractivity contribution in [1.29, 1.82) is 0 Å². The lowest BCUT2D eigenvalue weighted by atomic mass is 9.85. The molecule has 1 saturated carbocycles. The zero-order valence-electron chi connectivity index (χ0n) is 12.2. The van der Waals surface area contributed by atoms with Gasteiger partial charge in [-0.2, -0.15) is 0 Å². The molecule has 4 rings (SSSR count). The molecule has 0 spiro atoms. The number of anilines is 1. The predicted octanol–water partition coefficient (Wildman–Crippen LogP) is 2.09. The number of benzene rings is 1. The van der Waals surface area contributed by atoms with Gasteiger partial charge in [0.2, 0.25) is 17.7 Å². The molecule has 2 fully saturated rings. The number of allylic oxidation sites excluding steroid dienone is 2. The fourth-order valence-corrected chi connectivity index (χ4v) is 4.20. The molecule has 0 unspecified atom stereocenters. The number of hydrogen-bond donors (Lipinski definition) is 1. The zero-order valence-corrected chi connectivity index (χ0v) is 13.0. The molecule has 4 atom stereocenters. The van der Waals surface area contributed by atoms with Gasteiger partial charge >= 0.3 is 0 Å². The number of para-hydroxylation sites is 1. The number of nitrogens with one attached hydrogen (secondary N) is 1. The van der Waals surface area contributed by atoms with Gasteiger partial charge in [0.1, 0.15) is 6.54 Å². The molecule has 0 radical (unpaired) electrons. The highest BCUT2D eigenvalue weighted by Crippen LogP contribution is 2.52. The van der Waals surface area contributed by atoms with Gasteiger partial charge in [-0.05, 0) is 30.4 Å². The number of nitrogens with zero attached hydrogens (tertiary/aromatic N) is 1. The lowest BCUT2D eigenvalue weighted by Crippen LogP contribution is -2.39. The molecule has 6 heteroatoms. The van der Waals surface area contributed by atoms with Gasteiger partial charge < -0.3 is 5.32 Å². The summed E-state index contributed by atoms with van der Waals surface area (Å²) < 4.78 is 0. The molecule has 1 saturated heterocycles. The Bertz CT molecular complexity index is 715. The van der Waals surface area contributed by atoms with Crippen molar-refractivity contribution in [2.45, 2.75) is 6.42 Å². The van der Waals surface area contributed by atoms with E-state index in [1.807, 2.05) is 12.2 Å². The molecular formula is C17H15ClN2O3. The number of fused-ring (bicyclic) bond motifs is 5. The third kappa shape index (κ3) is 2.18. The lowest BCUT2D eigenvalue weighted by Gasteiger charge is -2.17. The first-order valence-electron chi connectivity index (χ1n) is 7.64. The summed E-state index contributed by atoms with van der Waals surface area (Å²) >= 11 is 6.00. The summed E-state index contributed by atoms with van der Waals surface area (Å²) in [5, 5.41) is 3.07. The van der Waals surface area contributed by atoms with Crippen LogP contribution in [0.25, 0.3) is 0 Å². The van der Waals surface area contributed by atoms with Crippen molar-refractivity contribution in [3.63, 3.8) is 0 Å². The highest BCUT2D eigenvalue weighted by molar-refractivity contribution is 6.33. The maximum absolute atomic E-state index is 12.5. The van der Waals surface area contributed by atoms with Gasteiger partial charge in [-0.15, -0.1) is 0 Å². The summed E-state index contributed by atoms with van der Waals surface area (Å²) in [4.78, 5) is 38.3. The van der Waals surface area contributed by atoms with Crippen LogP contribution in [0.3, 0.4) is 0 Å². The highest BCUT2D eigenvalue weighted by atomic mass is 35.5. The molecule has 1 aromatic rings. The Morgan fingerprint density at radius 2 is 1.74 bits per heavy atom. The third-order valence-electron chi connectivity index (χ3n) is 5.01. The largest absolute Gasteiger partial charge is 0.323 e. The standard InChI is InChI=1S/C17H15ClN2O3/c18-11-3-1-2-4-12(11)19-13(21)8-20-16(22)14-9-5-6-10(7-9)15(14)17(20)23/h1-6,9-10,14-15H,7-8H2,(H,19,21)/t9-,10-,14-,15+/m0/s1. The Balaban J connectivity index is 1.48. The number of likely N-dealkylation sites (tertiary alicyclic amines) is 1. The monoisotopic (exact) mass is 330 g/mol. The zero-order chi connectivity index (χ0) is 16.1. The molecule has 1 aromatic carbocycles. The van der Waals surface area contributed by atoms with Crippen LogP contribution in [0.1, 0.15) is 6.42 Å². The average molecular weight is 331 g/mol. The van der Waals surface area contributed by atoms with E-state index >= 15 is 0 Å². The van der Waals surface area contributed by atoms with Crippen LogP contribution in [0, 0.1) is 23.7 Å². The SMILES string of the molecule is O=C(CN1C(=O)[C@@H]2[C@H](C1=O)[C@H]1C=C[C@H]2C1)Nc1ccccc1Cl. The topological polar surface area (TPSA) is 66.5 Å². The number of rotatable bonds is 3. The van der Waals surface area contributed by atoms with Crippen LogP contribution in [0.15, 0.2) is 36.4 Å². The second-order valence-corrected chi connectivity index (χ2v) is 6.70. The summed E-state index contributed by atoms with van der Waals surface area (Å²) in [5.74, 6) is -1.09. The molecule has 23 heavy (non-hydrogen) atoms. The molecule has 1 aliphatic heterocycles. The number of carbonyl (C=O) groups excluding carboxylic acids is 3. The molecule has 2 bridgehead atoms. The van der Waals surface area contributed by atoms with E-state index in [-0.39, 0.29) is 42.0 Å². The van der Waals surface area contributed by atoms with Crippen molar-refractivity contribution in [3.8, 4) is 0 Å². The highest BCUT2D eigenvalue weighted by Gasteiger charge is 2.59. The Hall–Kier alpha value is -2.14. The fraction of sp³-hybridized carbons (Fsp3) is 0.353. The number of carbonyl (C=O) groups is 3. The summed E-state index contributed by atoms with van der Waals surface area (Å²) in [5.41, 5.74) is 0.472.